The van der Waals surface area contributed by atoms with Crippen LogP contribution in [-0.2, 0) is 5.60 Å². The van der Waals surface area contributed by atoms with E-state index in [0.29, 0.717) is 0 Å². The van der Waals surface area contributed by atoms with Gasteiger partial charge in [0.15, 0.2) is 5.60 Å². The SMILES string of the molecule is COc1ccc(C2(c3ccc(OC)cc3)C=Cc3c(-c4ccc(C)cc4)cc4ccc(OC)cc4c3O2)cc1. The van der Waals surface area contributed by atoms with Crippen molar-refractivity contribution in [1.82, 2.24) is 0 Å². The van der Waals surface area contributed by atoms with Crippen molar-refractivity contribution >= 4 is 16.8 Å². The summed E-state index contributed by atoms with van der Waals surface area (Å²) in [5.74, 6) is 3.18. The number of aryl methyl sites for hydroxylation is 1. The molecule has 0 unspecified atom stereocenters. The van der Waals surface area contributed by atoms with Gasteiger partial charge in [-0.2, -0.15) is 0 Å². The van der Waals surface area contributed by atoms with Crippen LogP contribution in [0.5, 0.6) is 23.0 Å². The summed E-state index contributed by atoms with van der Waals surface area (Å²) in [5.41, 5.74) is 5.65. The molecule has 1 aliphatic heterocycles. The molecule has 0 atom stereocenters. The molecule has 0 amide bonds. The van der Waals surface area contributed by atoms with Crippen molar-refractivity contribution in [3.63, 3.8) is 0 Å². The zero-order chi connectivity index (χ0) is 27.0. The number of ether oxygens (including phenoxy) is 4. The number of benzene rings is 5. The van der Waals surface area contributed by atoms with E-state index in [4.69, 9.17) is 18.9 Å². The summed E-state index contributed by atoms with van der Waals surface area (Å²) >= 11 is 0. The molecule has 4 heteroatoms. The Morgan fingerprint density at radius 2 is 1.18 bits per heavy atom. The Morgan fingerprint density at radius 3 is 1.74 bits per heavy atom. The summed E-state index contributed by atoms with van der Waals surface area (Å²) in [5, 5.41) is 2.08. The molecular formula is C35H30O4. The van der Waals surface area contributed by atoms with E-state index in [0.717, 1.165) is 61.6 Å². The predicted octanol–water partition coefficient (Wildman–Crippen LogP) is 8.19. The van der Waals surface area contributed by atoms with Crippen LogP contribution in [0.2, 0.25) is 0 Å². The minimum absolute atomic E-state index is 0.783. The van der Waals surface area contributed by atoms with E-state index in [1.165, 1.54) is 5.56 Å². The van der Waals surface area contributed by atoms with Gasteiger partial charge in [-0.1, -0.05) is 60.2 Å². The van der Waals surface area contributed by atoms with Crippen LogP contribution in [0.4, 0.5) is 0 Å². The summed E-state index contributed by atoms with van der Waals surface area (Å²) in [6.07, 6.45) is 4.35. The lowest BCUT2D eigenvalue weighted by Crippen LogP contribution is -2.34. The van der Waals surface area contributed by atoms with E-state index in [1.54, 1.807) is 21.3 Å². The average molecular weight is 515 g/mol. The van der Waals surface area contributed by atoms with Gasteiger partial charge in [-0.3, -0.25) is 0 Å². The van der Waals surface area contributed by atoms with Gasteiger partial charge in [0, 0.05) is 22.1 Å². The van der Waals surface area contributed by atoms with Crippen molar-refractivity contribution < 1.29 is 18.9 Å². The van der Waals surface area contributed by atoms with Gasteiger partial charge in [0.1, 0.15) is 23.0 Å². The maximum atomic E-state index is 7.21. The van der Waals surface area contributed by atoms with Crippen molar-refractivity contribution in [2.45, 2.75) is 12.5 Å². The number of rotatable bonds is 6. The molecule has 0 saturated carbocycles. The summed E-state index contributed by atoms with van der Waals surface area (Å²) in [7, 11) is 5.04. The van der Waals surface area contributed by atoms with Crippen molar-refractivity contribution in [2.24, 2.45) is 0 Å². The van der Waals surface area contributed by atoms with Crippen LogP contribution < -0.4 is 18.9 Å². The Hall–Kier alpha value is -4.70. The Bertz CT molecular complexity index is 1620. The highest BCUT2D eigenvalue weighted by molar-refractivity contribution is 5.99. The monoisotopic (exact) mass is 514 g/mol. The smallest absolute Gasteiger partial charge is 0.178 e. The Kier molecular flexibility index (Phi) is 6.24. The zero-order valence-corrected chi connectivity index (χ0v) is 22.5. The third kappa shape index (κ3) is 4.28. The second-order valence-electron chi connectivity index (χ2n) is 9.75. The quantitative estimate of drug-likeness (QED) is 0.229. The van der Waals surface area contributed by atoms with Crippen LogP contribution in [0.25, 0.3) is 28.0 Å². The molecule has 6 rings (SSSR count). The predicted molar refractivity (Wildman–Crippen MR) is 157 cm³/mol. The lowest BCUT2D eigenvalue weighted by atomic mass is 9.82. The van der Waals surface area contributed by atoms with Crippen LogP contribution in [0, 0.1) is 6.92 Å². The van der Waals surface area contributed by atoms with Gasteiger partial charge in [-0.25, -0.2) is 0 Å². The van der Waals surface area contributed by atoms with Gasteiger partial charge in [0.05, 0.1) is 21.3 Å². The van der Waals surface area contributed by atoms with Crippen LogP contribution >= 0.6 is 0 Å². The lowest BCUT2D eigenvalue weighted by molar-refractivity contribution is 0.163. The van der Waals surface area contributed by atoms with Crippen LogP contribution in [0.15, 0.2) is 103 Å². The second-order valence-corrected chi connectivity index (χ2v) is 9.75. The molecule has 39 heavy (non-hydrogen) atoms. The molecule has 1 heterocycles. The van der Waals surface area contributed by atoms with Gasteiger partial charge in [0.2, 0.25) is 0 Å². The topological polar surface area (TPSA) is 36.9 Å². The molecule has 0 aliphatic carbocycles. The maximum absolute atomic E-state index is 7.21. The largest absolute Gasteiger partial charge is 0.497 e. The molecule has 0 saturated heterocycles. The van der Waals surface area contributed by atoms with E-state index < -0.39 is 5.60 Å². The van der Waals surface area contributed by atoms with Gasteiger partial charge >= 0.3 is 0 Å². The first-order valence-electron chi connectivity index (χ1n) is 12.9. The number of hydrogen-bond acceptors (Lipinski definition) is 4. The van der Waals surface area contributed by atoms with Gasteiger partial charge in [0.25, 0.3) is 0 Å². The highest BCUT2D eigenvalue weighted by Gasteiger charge is 2.38. The van der Waals surface area contributed by atoms with Crippen molar-refractivity contribution in [1.29, 1.82) is 0 Å². The van der Waals surface area contributed by atoms with Gasteiger partial charge < -0.3 is 18.9 Å². The van der Waals surface area contributed by atoms with Gasteiger partial charge in [-0.05, 0) is 78.1 Å². The number of hydrogen-bond donors (Lipinski definition) is 0. The fourth-order valence-corrected chi connectivity index (χ4v) is 5.28. The lowest BCUT2D eigenvalue weighted by Gasteiger charge is -2.37. The molecule has 1 aliphatic rings. The fraction of sp³-hybridized carbons (Fsp3) is 0.143. The molecule has 4 nitrogen and oxygen atoms in total. The molecule has 194 valence electrons. The molecule has 5 aromatic rings. The van der Waals surface area contributed by atoms with Crippen LogP contribution in [-0.4, -0.2) is 21.3 Å². The Labute approximate surface area is 229 Å². The fourth-order valence-electron chi connectivity index (χ4n) is 5.28. The van der Waals surface area contributed by atoms with Gasteiger partial charge in [-0.15, -0.1) is 0 Å². The minimum Gasteiger partial charge on any atom is -0.497 e. The second kappa shape index (κ2) is 9.88. The maximum Gasteiger partial charge on any atom is 0.178 e. The minimum atomic E-state index is -0.868. The first kappa shape index (κ1) is 24.6. The zero-order valence-electron chi connectivity index (χ0n) is 22.5. The van der Waals surface area contributed by atoms with E-state index in [1.807, 2.05) is 30.3 Å². The van der Waals surface area contributed by atoms with E-state index in [9.17, 15) is 0 Å². The molecule has 0 aromatic heterocycles. The third-order valence-electron chi connectivity index (χ3n) is 7.49. The van der Waals surface area contributed by atoms with Crippen molar-refractivity contribution in [3.8, 4) is 34.1 Å². The standard InChI is InChI=1S/C35H30O4/c1-23-5-7-24(8-6-23)32-21-25-9-14-30(38-4)22-33(25)34-31(32)19-20-35(39-34,26-10-15-28(36-2)16-11-26)27-12-17-29(37-3)18-13-27/h5-22H,1-4H3. The van der Waals surface area contributed by atoms with E-state index in [-0.39, 0.29) is 0 Å². The van der Waals surface area contributed by atoms with Crippen molar-refractivity contribution in [3.05, 3.63) is 125 Å². The Balaban J connectivity index is 1.62. The summed E-state index contributed by atoms with van der Waals surface area (Å²) in [4.78, 5) is 0. The summed E-state index contributed by atoms with van der Waals surface area (Å²) in [6.45, 7) is 2.10. The van der Waals surface area contributed by atoms with E-state index >= 15 is 0 Å². The van der Waals surface area contributed by atoms with Crippen LogP contribution in [0.1, 0.15) is 22.3 Å². The Morgan fingerprint density at radius 1 is 0.615 bits per heavy atom. The molecule has 0 bridgehead atoms. The average Bonchev–Trinajstić information content (AvgIpc) is 3.00. The first-order valence-corrected chi connectivity index (χ1v) is 12.9. The van der Waals surface area contributed by atoms with E-state index in [2.05, 4.69) is 85.8 Å². The molecule has 5 aromatic carbocycles. The molecule has 0 radical (unpaired) electrons. The highest BCUT2D eigenvalue weighted by Crippen LogP contribution is 2.49. The number of fused-ring (bicyclic) bond motifs is 3. The number of methoxy groups -OCH3 is 3. The summed E-state index contributed by atoms with van der Waals surface area (Å²) in [6, 6.07) is 33.1. The third-order valence-corrected chi connectivity index (χ3v) is 7.49. The first-order chi connectivity index (χ1) is 19.0. The van der Waals surface area contributed by atoms with Crippen molar-refractivity contribution in [2.75, 3.05) is 21.3 Å². The molecule has 0 spiro atoms. The molecular weight excluding hydrogens is 484 g/mol. The van der Waals surface area contributed by atoms with Crippen LogP contribution in [0.3, 0.4) is 0 Å². The highest BCUT2D eigenvalue weighted by atomic mass is 16.5. The molecule has 0 N–H and O–H groups in total. The summed E-state index contributed by atoms with van der Waals surface area (Å²) < 4.78 is 23.7. The molecule has 0 fully saturated rings. The normalized spacial score (nSPS) is 13.4.